The first kappa shape index (κ1) is 26.7. The first-order valence-corrected chi connectivity index (χ1v) is 13.1. The van der Waals surface area contributed by atoms with Crippen LogP contribution < -0.4 is 20.0 Å². The number of piperazine rings is 1. The molecule has 0 unspecified atom stereocenters. The number of aromatic nitrogens is 1. The molecule has 214 valence electrons. The summed E-state index contributed by atoms with van der Waals surface area (Å²) in [6.07, 6.45) is 2.95. The van der Waals surface area contributed by atoms with Crippen LogP contribution in [0.4, 0.5) is 20.2 Å². The van der Waals surface area contributed by atoms with Crippen LogP contribution >= 0.6 is 0 Å². The van der Waals surface area contributed by atoms with Gasteiger partial charge in [0, 0.05) is 44.0 Å². The number of anilines is 2. The molecule has 1 saturated carbocycles. The second-order valence-corrected chi connectivity index (χ2v) is 10.2. The van der Waals surface area contributed by atoms with Crippen LogP contribution in [0.15, 0.2) is 40.4 Å². The number of nitrogens with zero attached hydrogens (tertiary/aromatic N) is 5. The SMILES string of the molecule is CO/N=C1\C(=O)N(CN2CCN(c3c(F)cc4c(=O)c(C(=O)O)cn(C5CC5)c4c3OC)CC2)c2ccc(F)cc21. The average molecular weight is 568 g/mol. The van der Waals surface area contributed by atoms with Gasteiger partial charge in [-0.1, -0.05) is 5.16 Å². The highest BCUT2D eigenvalue weighted by molar-refractivity contribution is 6.54. The first-order chi connectivity index (χ1) is 19.7. The lowest BCUT2D eigenvalue weighted by atomic mass is 10.1. The molecule has 6 rings (SSSR count). The van der Waals surface area contributed by atoms with Crippen LogP contribution in [-0.2, 0) is 9.63 Å². The standard InChI is InChI=1S/C28H27F2N5O6/c1-40-26-23-18(25(36)19(28(38)39)13-34(23)16-4-5-16)12-20(30)24(26)33-9-7-32(8-10-33)14-35-21-6-3-15(29)11-17(21)22(27(35)37)31-41-2/h3,6,11-13,16H,4-5,7-10,14H2,1-2H3,(H,38,39)/b31-22-. The lowest BCUT2D eigenvalue weighted by molar-refractivity contribution is -0.112. The van der Waals surface area contributed by atoms with Crippen molar-refractivity contribution in [2.45, 2.75) is 18.9 Å². The Morgan fingerprint density at radius 3 is 2.46 bits per heavy atom. The van der Waals surface area contributed by atoms with Crippen molar-refractivity contribution in [1.82, 2.24) is 9.47 Å². The van der Waals surface area contributed by atoms with Gasteiger partial charge in [0.05, 0.1) is 30.4 Å². The Hall–Kier alpha value is -4.52. The minimum atomic E-state index is -1.37. The number of carboxylic acids is 1. The zero-order valence-corrected chi connectivity index (χ0v) is 22.4. The molecule has 13 heteroatoms. The number of methoxy groups -OCH3 is 1. The number of aromatic carboxylic acids is 1. The van der Waals surface area contributed by atoms with Gasteiger partial charge in [-0.05, 0) is 37.1 Å². The molecule has 2 fully saturated rings. The van der Waals surface area contributed by atoms with Gasteiger partial charge in [-0.25, -0.2) is 13.6 Å². The van der Waals surface area contributed by atoms with E-state index in [2.05, 4.69) is 5.16 Å². The number of hydrogen-bond acceptors (Lipinski definition) is 8. The van der Waals surface area contributed by atoms with Crippen LogP contribution in [0.5, 0.6) is 5.75 Å². The van der Waals surface area contributed by atoms with Crippen molar-refractivity contribution in [2.75, 3.05) is 56.9 Å². The van der Waals surface area contributed by atoms with Crippen LogP contribution in [0, 0.1) is 11.6 Å². The number of benzene rings is 2. The molecule has 0 spiro atoms. The molecule has 3 aromatic rings. The number of rotatable bonds is 7. The molecule has 41 heavy (non-hydrogen) atoms. The summed E-state index contributed by atoms with van der Waals surface area (Å²) in [7, 11) is 2.72. The van der Waals surface area contributed by atoms with Gasteiger partial charge in [0.1, 0.15) is 24.2 Å². The van der Waals surface area contributed by atoms with E-state index in [0.29, 0.717) is 42.9 Å². The van der Waals surface area contributed by atoms with E-state index in [1.54, 1.807) is 4.57 Å². The third-order valence-electron chi connectivity index (χ3n) is 7.74. The fourth-order valence-corrected chi connectivity index (χ4v) is 5.64. The quantitative estimate of drug-likeness (QED) is 0.434. The third-order valence-corrected chi connectivity index (χ3v) is 7.74. The van der Waals surface area contributed by atoms with Gasteiger partial charge in [0.15, 0.2) is 17.3 Å². The summed E-state index contributed by atoms with van der Waals surface area (Å²) in [6.45, 7) is 1.91. The predicted octanol–water partition coefficient (Wildman–Crippen LogP) is 2.80. The van der Waals surface area contributed by atoms with E-state index in [-0.39, 0.29) is 35.2 Å². The van der Waals surface area contributed by atoms with Crippen LogP contribution in [0.25, 0.3) is 10.9 Å². The molecule has 1 N–H and O–H groups in total. The zero-order chi connectivity index (χ0) is 29.0. The van der Waals surface area contributed by atoms with Gasteiger partial charge in [-0.3, -0.25) is 19.4 Å². The normalized spacial score (nSPS) is 18.3. The highest BCUT2D eigenvalue weighted by Crippen LogP contribution is 2.44. The highest BCUT2D eigenvalue weighted by Gasteiger charge is 2.37. The topological polar surface area (TPSA) is 117 Å². The van der Waals surface area contributed by atoms with E-state index in [9.17, 15) is 23.9 Å². The summed E-state index contributed by atoms with van der Waals surface area (Å²) in [5.74, 6) is -2.77. The maximum atomic E-state index is 15.7. The summed E-state index contributed by atoms with van der Waals surface area (Å²) in [5.41, 5.74) is 0.305. The van der Waals surface area contributed by atoms with Crippen LogP contribution in [0.2, 0.25) is 0 Å². The van der Waals surface area contributed by atoms with E-state index in [0.717, 1.165) is 18.9 Å². The molecule has 2 aliphatic heterocycles. The minimum Gasteiger partial charge on any atom is -0.492 e. The molecular formula is C28H27F2N5O6. The number of hydrogen-bond donors (Lipinski definition) is 1. The number of halogens is 2. The van der Waals surface area contributed by atoms with Gasteiger partial charge in [0.25, 0.3) is 5.91 Å². The van der Waals surface area contributed by atoms with Gasteiger partial charge in [-0.2, -0.15) is 0 Å². The number of carbonyl (C=O) groups excluding carboxylic acids is 1. The van der Waals surface area contributed by atoms with Crippen molar-refractivity contribution in [3.05, 3.63) is 63.4 Å². The fraction of sp³-hybridized carbons (Fsp3) is 0.357. The van der Waals surface area contributed by atoms with E-state index < -0.39 is 34.5 Å². The molecular weight excluding hydrogens is 540 g/mol. The lowest BCUT2D eigenvalue weighted by Gasteiger charge is -2.38. The van der Waals surface area contributed by atoms with Gasteiger partial charge < -0.3 is 24.1 Å². The maximum Gasteiger partial charge on any atom is 0.341 e. The molecule has 0 atom stereocenters. The summed E-state index contributed by atoms with van der Waals surface area (Å²) in [5, 5.41) is 13.3. The second-order valence-electron chi connectivity index (χ2n) is 10.2. The summed E-state index contributed by atoms with van der Waals surface area (Å²) < 4.78 is 37.0. The minimum absolute atomic E-state index is 0.00106. The maximum absolute atomic E-state index is 15.7. The Kier molecular flexibility index (Phi) is 6.60. The molecule has 3 aliphatic rings. The smallest absolute Gasteiger partial charge is 0.341 e. The summed E-state index contributed by atoms with van der Waals surface area (Å²) >= 11 is 0. The molecule has 2 aromatic carbocycles. The fourth-order valence-electron chi connectivity index (χ4n) is 5.64. The number of amides is 1. The number of oxime groups is 1. The lowest BCUT2D eigenvalue weighted by Crippen LogP contribution is -2.51. The van der Waals surface area contributed by atoms with Crippen LogP contribution in [0.3, 0.4) is 0 Å². The number of fused-ring (bicyclic) bond motifs is 2. The van der Waals surface area contributed by atoms with Crippen molar-refractivity contribution < 1.29 is 33.1 Å². The number of pyridine rings is 1. The largest absolute Gasteiger partial charge is 0.492 e. The molecule has 0 bridgehead atoms. The van der Waals surface area contributed by atoms with Crippen LogP contribution in [-0.4, -0.2) is 79.2 Å². The Morgan fingerprint density at radius 2 is 1.83 bits per heavy atom. The van der Waals surface area contributed by atoms with Crippen molar-refractivity contribution in [2.24, 2.45) is 5.16 Å². The Morgan fingerprint density at radius 1 is 1.10 bits per heavy atom. The van der Waals surface area contributed by atoms with Crippen molar-refractivity contribution in [3.8, 4) is 5.75 Å². The summed E-state index contributed by atoms with van der Waals surface area (Å²) in [4.78, 5) is 47.9. The first-order valence-electron chi connectivity index (χ1n) is 13.1. The average Bonchev–Trinajstić information content (AvgIpc) is 3.77. The van der Waals surface area contributed by atoms with E-state index in [4.69, 9.17) is 9.57 Å². The number of carbonyl (C=O) groups is 2. The van der Waals surface area contributed by atoms with Crippen LogP contribution in [0.1, 0.15) is 34.8 Å². The van der Waals surface area contributed by atoms with Gasteiger partial charge >= 0.3 is 5.97 Å². The molecule has 1 saturated heterocycles. The zero-order valence-electron chi connectivity index (χ0n) is 22.4. The molecule has 1 amide bonds. The third kappa shape index (κ3) is 4.46. The Bertz CT molecular complexity index is 1680. The predicted molar refractivity (Wildman–Crippen MR) is 146 cm³/mol. The molecule has 3 heterocycles. The Labute approximate surface area is 232 Å². The molecule has 1 aliphatic carbocycles. The van der Waals surface area contributed by atoms with E-state index in [1.807, 2.05) is 9.80 Å². The van der Waals surface area contributed by atoms with E-state index in [1.165, 1.54) is 43.5 Å². The monoisotopic (exact) mass is 567 g/mol. The second kappa shape index (κ2) is 10.1. The van der Waals surface area contributed by atoms with Crippen molar-refractivity contribution in [3.63, 3.8) is 0 Å². The van der Waals surface area contributed by atoms with E-state index >= 15 is 4.39 Å². The van der Waals surface area contributed by atoms with Gasteiger partial charge in [-0.15, -0.1) is 0 Å². The molecule has 0 radical (unpaired) electrons. The molecule has 1 aromatic heterocycles. The summed E-state index contributed by atoms with van der Waals surface area (Å²) in [6, 6.07) is 5.16. The number of ether oxygens (including phenoxy) is 1. The Balaban J connectivity index is 1.29. The van der Waals surface area contributed by atoms with Gasteiger partial charge in [0.2, 0.25) is 5.43 Å². The highest BCUT2D eigenvalue weighted by atomic mass is 19.1. The molecule has 11 nitrogen and oxygen atoms in total. The van der Waals surface area contributed by atoms with Crippen molar-refractivity contribution in [1.29, 1.82) is 0 Å². The number of carboxylic acid groups (broad SMARTS) is 1. The van der Waals surface area contributed by atoms with Crippen molar-refractivity contribution >= 4 is 39.9 Å².